The van der Waals surface area contributed by atoms with Crippen LogP contribution in [-0.2, 0) is 0 Å². The number of benzene rings is 1. The molecule has 1 heterocycles. The van der Waals surface area contributed by atoms with Crippen molar-refractivity contribution < 1.29 is 13.7 Å². The van der Waals surface area contributed by atoms with Crippen LogP contribution < -0.4 is 0 Å². The van der Waals surface area contributed by atoms with E-state index in [1.54, 1.807) is 12.1 Å². The first-order valence-corrected chi connectivity index (χ1v) is 4.40. The summed E-state index contributed by atoms with van der Waals surface area (Å²) in [4.78, 5) is 11.2. The summed E-state index contributed by atoms with van der Waals surface area (Å²) in [6.07, 6.45) is 1.34. The van der Waals surface area contributed by atoms with E-state index in [0.717, 1.165) is 0 Å². The number of Topliss-reactive ketones (excluding diaryl/α,β-unsaturated/α-hetero) is 1. The van der Waals surface area contributed by atoms with Crippen LogP contribution >= 0.6 is 0 Å². The highest BCUT2D eigenvalue weighted by Gasteiger charge is 2.14. The first-order valence-electron chi connectivity index (χ1n) is 4.40. The predicted molar refractivity (Wildman–Crippen MR) is 51.9 cm³/mol. The van der Waals surface area contributed by atoms with E-state index in [1.165, 1.54) is 25.3 Å². The number of rotatable bonds is 2. The minimum Gasteiger partial charge on any atom is -0.356 e. The molecule has 0 saturated carbocycles. The summed E-state index contributed by atoms with van der Waals surface area (Å²) in [7, 11) is 0. The van der Waals surface area contributed by atoms with Gasteiger partial charge in [0, 0.05) is 5.56 Å². The average molecular weight is 205 g/mol. The van der Waals surface area contributed by atoms with Gasteiger partial charge in [0.15, 0.2) is 11.5 Å². The lowest BCUT2D eigenvalue weighted by Crippen LogP contribution is -1.91. The Morgan fingerprint density at radius 1 is 1.47 bits per heavy atom. The standard InChI is InChI=1S/C11H8FNO2/c1-7(14)10-6-13-15-11(10)8-3-2-4-9(12)5-8/h2-6H,1H3. The van der Waals surface area contributed by atoms with Crippen molar-refractivity contribution in [3.8, 4) is 11.3 Å². The molecule has 0 amide bonds. The van der Waals surface area contributed by atoms with Gasteiger partial charge in [-0.25, -0.2) is 4.39 Å². The molecule has 0 bridgehead atoms. The third-order valence-electron chi connectivity index (χ3n) is 2.04. The highest BCUT2D eigenvalue weighted by atomic mass is 19.1. The van der Waals surface area contributed by atoms with E-state index >= 15 is 0 Å². The van der Waals surface area contributed by atoms with E-state index in [9.17, 15) is 9.18 Å². The van der Waals surface area contributed by atoms with Gasteiger partial charge in [0.25, 0.3) is 0 Å². The smallest absolute Gasteiger partial charge is 0.177 e. The Balaban J connectivity index is 2.54. The Morgan fingerprint density at radius 2 is 2.27 bits per heavy atom. The molecular weight excluding hydrogens is 197 g/mol. The number of carbonyl (C=O) groups is 1. The monoisotopic (exact) mass is 205 g/mol. The Kier molecular flexibility index (Phi) is 2.33. The zero-order valence-electron chi connectivity index (χ0n) is 8.03. The maximum atomic E-state index is 12.9. The van der Waals surface area contributed by atoms with Gasteiger partial charge in [0.1, 0.15) is 5.82 Å². The van der Waals surface area contributed by atoms with Gasteiger partial charge in [-0.15, -0.1) is 0 Å². The molecule has 3 nitrogen and oxygen atoms in total. The third-order valence-corrected chi connectivity index (χ3v) is 2.04. The van der Waals surface area contributed by atoms with E-state index in [0.29, 0.717) is 16.9 Å². The summed E-state index contributed by atoms with van der Waals surface area (Å²) in [5.41, 5.74) is 0.873. The van der Waals surface area contributed by atoms with E-state index < -0.39 is 0 Å². The fraction of sp³-hybridized carbons (Fsp3) is 0.0909. The Bertz CT molecular complexity index is 505. The maximum absolute atomic E-state index is 12.9. The molecule has 0 spiro atoms. The van der Waals surface area contributed by atoms with Crippen molar-refractivity contribution in [2.45, 2.75) is 6.92 Å². The summed E-state index contributed by atoms with van der Waals surface area (Å²) >= 11 is 0. The first-order chi connectivity index (χ1) is 7.18. The van der Waals surface area contributed by atoms with Gasteiger partial charge < -0.3 is 4.52 Å². The van der Waals surface area contributed by atoms with Crippen molar-refractivity contribution in [2.75, 3.05) is 0 Å². The molecule has 0 saturated heterocycles. The molecule has 4 heteroatoms. The van der Waals surface area contributed by atoms with Crippen LogP contribution in [0.3, 0.4) is 0 Å². The lowest BCUT2D eigenvalue weighted by Gasteiger charge is -1.97. The van der Waals surface area contributed by atoms with Gasteiger partial charge in [0.2, 0.25) is 0 Å². The fourth-order valence-corrected chi connectivity index (χ4v) is 1.33. The molecule has 0 fully saturated rings. The molecule has 0 N–H and O–H groups in total. The molecular formula is C11H8FNO2. The van der Waals surface area contributed by atoms with Crippen molar-refractivity contribution >= 4 is 5.78 Å². The van der Waals surface area contributed by atoms with Crippen LogP contribution in [0.15, 0.2) is 35.0 Å². The molecule has 2 rings (SSSR count). The van der Waals surface area contributed by atoms with Crippen LogP contribution in [0.25, 0.3) is 11.3 Å². The summed E-state index contributed by atoms with van der Waals surface area (Å²) in [6.45, 7) is 1.41. The van der Waals surface area contributed by atoms with E-state index in [-0.39, 0.29) is 11.6 Å². The van der Waals surface area contributed by atoms with Crippen molar-refractivity contribution in [1.29, 1.82) is 0 Å². The number of hydrogen-bond donors (Lipinski definition) is 0. The van der Waals surface area contributed by atoms with Crippen molar-refractivity contribution in [2.24, 2.45) is 0 Å². The summed E-state index contributed by atoms with van der Waals surface area (Å²) in [5, 5.41) is 3.53. The van der Waals surface area contributed by atoms with Crippen LogP contribution in [0.5, 0.6) is 0 Å². The maximum Gasteiger partial charge on any atom is 0.177 e. The molecule has 0 aliphatic carbocycles. The van der Waals surface area contributed by atoms with Crippen LogP contribution in [0.1, 0.15) is 17.3 Å². The van der Waals surface area contributed by atoms with E-state index in [2.05, 4.69) is 5.16 Å². The minimum atomic E-state index is -0.376. The van der Waals surface area contributed by atoms with Gasteiger partial charge in [-0.1, -0.05) is 17.3 Å². The van der Waals surface area contributed by atoms with Gasteiger partial charge in [-0.3, -0.25) is 4.79 Å². The van der Waals surface area contributed by atoms with Crippen LogP contribution in [-0.4, -0.2) is 10.9 Å². The molecule has 0 aliphatic heterocycles. The lowest BCUT2D eigenvalue weighted by atomic mass is 10.1. The van der Waals surface area contributed by atoms with Gasteiger partial charge in [-0.05, 0) is 19.1 Å². The molecule has 1 aromatic heterocycles. The second kappa shape index (κ2) is 3.65. The quantitative estimate of drug-likeness (QED) is 0.708. The molecule has 0 radical (unpaired) electrons. The SMILES string of the molecule is CC(=O)c1cnoc1-c1cccc(F)c1. The lowest BCUT2D eigenvalue weighted by molar-refractivity contribution is 0.101. The van der Waals surface area contributed by atoms with Crippen LogP contribution in [0, 0.1) is 5.82 Å². The number of carbonyl (C=O) groups excluding carboxylic acids is 1. The van der Waals surface area contributed by atoms with Gasteiger partial charge in [-0.2, -0.15) is 0 Å². The zero-order chi connectivity index (χ0) is 10.8. The predicted octanol–water partition coefficient (Wildman–Crippen LogP) is 2.68. The topological polar surface area (TPSA) is 43.1 Å². The van der Waals surface area contributed by atoms with Crippen molar-refractivity contribution in [3.05, 3.63) is 41.8 Å². The molecule has 2 aromatic rings. The molecule has 0 atom stereocenters. The molecule has 76 valence electrons. The Hall–Kier alpha value is -1.97. The summed E-state index contributed by atoms with van der Waals surface area (Å²) in [6, 6.07) is 5.84. The van der Waals surface area contributed by atoms with Crippen LogP contribution in [0.4, 0.5) is 4.39 Å². The highest BCUT2D eigenvalue weighted by Crippen LogP contribution is 2.24. The van der Waals surface area contributed by atoms with Crippen molar-refractivity contribution in [3.63, 3.8) is 0 Å². The Morgan fingerprint density at radius 3 is 2.93 bits per heavy atom. The number of hydrogen-bond acceptors (Lipinski definition) is 3. The fourth-order valence-electron chi connectivity index (χ4n) is 1.33. The van der Waals surface area contributed by atoms with Crippen LogP contribution in [0.2, 0.25) is 0 Å². The minimum absolute atomic E-state index is 0.157. The number of aromatic nitrogens is 1. The largest absolute Gasteiger partial charge is 0.356 e. The van der Waals surface area contributed by atoms with Gasteiger partial charge in [0.05, 0.1) is 11.8 Å². The Labute approximate surface area is 85.5 Å². The number of ketones is 1. The van der Waals surface area contributed by atoms with Crippen molar-refractivity contribution in [1.82, 2.24) is 5.16 Å². The van der Waals surface area contributed by atoms with E-state index in [1.807, 2.05) is 0 Å². The second-order valence-electron chi connectivity index (χ2n) is 3.14. The summed E-state index contributed by atoms with van der Waals surface area (Å²) in [5.74, 6) is -0.226. The average Bonchev–Trinajstić information content (AvgIpc) is 2.65. The molecule has 1 aromatic carbocycles. The normalized spacial score (nSPS) is 10.3. The van der Waals surface area contributed by atoms with E-state index in [4.69, 9.17) is 4.52 Å². The highest BCUT2D eigenvalue weighted by molar-refractivity contribution is 5.99. The molecule has 0 aliphatic rings. The molecule has 0 unspecified atom stereocenters. The van der Waals surface area contributed by atoms with Gasteiger partial charge >= 0.3 is 0 Å². The summed E-state index contributed by atoms with van der Waals surface area (Å²) < 4.78 is 17.9. The second-order valence-corrected chi connectivity index (χ2v) is 3.14. The molecule has 15 heavy (non-hydrogen) atoms. The number of nitrogens with zero attached hydrogens (tertiary/aromatic N) is 1. The first kappa shape index (κ1) is 9.58. The third kappa shape index (κ3) is 1.79. The number of halogens is 1. The zero-order valence-corrected chi connectivity index (χ0v) is 8.03.